The number of nitrogens with zero attached hydrogens (tertiary/aromatic N) is 1. The smallest absolute Gasteiger partial charge is 0.307 e. The zero-order valence-corrected chi connectivity index (χ0v) is 11.8. The molecule has 0 aromatic carbocycles. The zero-order chi connectivity index (χ0) is 14.5. The van der Waals surface area contributed by atoms with Crippen LogP contribution in [-0.2, 0) is 16.1 Å². The summed E-state index contributed by atoms with van der Waals surface area (Å²) in [6, 6.07) is 3.87. The molecule has 0 saturated heterocycles. The molecule has 1 heterocycles. The summed E-state index contributed by atoms with van der Waals surface area (Å²) in [6.07, 6.45) is 6.14. The SMILES string of the molecule is CCC1C[C@H](C(=O)NCCn2cccc2)[C@H](C(=O)O)C1. The van der Waals surface area contributed by atoms with Crippen LogP contribution in [0.25, 0.3) is 0 Å². The molecule has 1 fully saturated rings. The first-order valence-corrected chi connectivity index (χ1v) is 7.23. The van der Waals surface area contributed by atoms with Gasteiger partial charge >= 0.3 is 5.97 Å². The lowest BCUT2D eigenvalue weighted by molar-refractivity contribution is -0.146. The van der Waals surface area contributed by atoms with Crippen LogP contribution in [0, 0.1) is 17.8 Å². The van der Waals surface area contributed by atoms with Gasteiger partial charge in [-0.1, -0.05) is 13.3 Å². The van der Waals surface area contributed by atoms with Crippen LogP contribution in [0.15, 0.2) is 24.5 Å². The van der Waals surface area contributed by atoms with E-state index in [9.17, 15) is 14.7 Å². The molecule has 20 heavy (non-hydrogen) atoms. The molecule has 0 bridgehead atoms. The van der Waals surface area contributed by atoms with E-state index in [1.807, 2.05) is 29.1 Å². The third-order valence-electron chi connectivity index (χ3n) is 4.23. The predicted molar refractivity (Wildman–Crippen MR) is 75.1 cm³/mol. The van der Waals surface area contributed by atoms with E-state index in [0.717, 1.165) is 6.42 Å². The molecule has 0 radical (unpaired) electrons. The number of carbonyl (C=O) groups excluding carboxylic acids is 1. The summed E-state index contributed by atoms with van der Waals surface area (Å²) in [5, 5.41) is 12.1. The van der Waals surface area contributed by atoms with Crippen LogP contribution in [0.2, 0.25) is 0 Å². The molecule has 0 aliphatic heterocycles. The van der Waals surface area contributed by atoms with Gasteiger partial charge < -0.3 is 15.0 Å². The van der Waals surface area contributed by atoms with Gasteiger partial charge in [0.25, 0.3) is 0 Å². The molecule has 1 aromatic rings. The number of rotatable bonds is 6. The second kappa shape index (κ2) is 6.59. The summed E-state index contributed by atoms with van der Waals surface area (Å²) in [7, 11) is 0. The van der Waals surface area contributed by atoms with Crippen molar-refractivity contribution in [3.05, 3.63) is 24.5 Å². The van der Waals surface area contributed by atoms with E-state index in [0.29, 0.717) is 31.8 Å². The number of amides is 1. The first-order chi connectivity index (χ1) is 9.61. The van der Waals surface area contributed by atoms with Gasteiger partial charge in [-0.2, -0.15) is 0 Å². The third-order valence-corrected chi connectivity index (χ3v) is 4.23. The molecule has 1 aliphatic carbocycles. The minimum absolute atomic E-state index is 0.111. The Morgan fingerprint density at radius 1 is 1.25 bits per heavy atom. The predicted octanol–water partition coefficient (Wildman–Crippen LogP) is 1.74. The minimum Gasteiger partial charge on any atom is -0.481 e. The molecule has 5 heteroatoms. The summed E-state index contributed by atoms with van der Waals surface area (Å²) in [5.41, 5.74) is 0. The number of aromatic nitrogens is 1. The van der Waals surface area contributed by atoms with E-state index in [-0.39, 0.29) is 11.8 Å². The van der Waals surface area contributed by atoms with Crippen LogP contribution in [0.3, 0.4) is 0 Å². The van der Waals surface area contributed by atoms with Gasteiger partial charge in [0.2, 0.25) is 5.91 Å². The molecule has 5 nitrogen and oxygen atoms in total. The summed E-state index contributed by atoms with van der Waals surface area (Å²) < 4.78 is 1.98. The molecule has 2 rings (SSSR count). The highest BCUT2D eigenvalue weighted by molar-refractivity contribution is 5.85. The summed E-state index contributed by atoms with van der Waals surface area (Å²) >= 11 is 0. The maximum absolute atomic E-state index is 12.2. The van der Waals surface area contributed by atoms with Gasteiger partial charge in [0.15, 0.2) is 0 Å². The summed E-state index contributed by atoms with van der Waals surface area (Å²) in [5.74, 6) is -1.49. The Morgan fingerprint density at radius 3 is 2.50 bits per heavy atom. The van der Waals surface area contributed by atoms with Gasteiger partial charge in [0.1, 0.15) is 0 Å². The first-order valence-electron chi connectivity index (χ1n) is 7.23. The van der Waals surface area contributed by atoms with Crippen molar-refractivity contribution < 1.29 is 14.7 Å². The van der Waals surface area contributed by atoms with Gasteiger partial charge in [-0.15, -0.1) is 0 Å². The molecule has 2 N–H and O–H groups in total. The zero-order valence-electron chi connectivity index (χ0n) is 11.8. The average molecular weight is 278 g/mol. The monoisotopic (exact) mass is 278 g/mol. The molecule has 1 saturated carbocycles. The quantitative estimate of drug-likeness (QED) is 0.832. The van der Waals surface area contributed by atoms with Crippen molar-refractivity contribution in [2.45, 2.75) is 32.7 Å². The molecular formula is C15H22N2O3. The van der Waals surface area contributed by atoms with Crippen molar-refractivity contribution in [3.63, 3.8) is 0 Å². The number of nitrogens with one attached hydrogen (secondary N) is 1. The fourth-order valence-corrected chi connectivity index (χ4v) is 3.00. The fraction of sp³-hybridized carbons (Fsp3) is 0.600. The molecule has 110 valence electrons. The van der Waals surface area contributed by atoms with Crippen molar-refractivity contribution in [2.75, 3.05) is 6.54 Å². The topological polar surface area (TPSA) is 71.3 Å². The molecule has 1 unspecified atom stereocenters. The lowest BCUT2D eigenvalue weighted by Crippen LogP contribution is -2.36. The lowest BCUT2D eigenvalue weighted by atomic mass is 9.95. The van der Waals surface area contributed by atoms with Crippen molar-refractivity contribution in [1.82, 2.24) is 9.88 Å². The van der Waals surface area contributed by atoms with Crippen LogP contribution in [0.4, 0.5) is 0 Å². The fourth-order valence-electron chi connectivity index (χ4n) is 3.00. The van der Waals surface area contributed by atoms with Crippen LogP contribution in [-0.4, -0.2) is 28.1 Å². The highest BCUT2D eigenvalue weighted by Gasteiger charge is 2.41. The average Bonchev–Trinajstić information content (AvgIpc) is 3.07. The Kier molecular flexibility index (Phi) is 4.82. The molecular weight excluding hydrogens is 256 g/mol. The molecule has 1 aliphatic rings. The minimum atomic E-state index is -0.841. The maximum atomic E-state index is 12.2. The van der Waals surface area contributed by atoms with E-state index in [2.05, 4.69) is 12.2 Å². The van der Waals surface area contributed by atoms with Crippen molar-refractivity contribution in [1.29, 1.82) is 0 Å². The van der Waals surface area contributed by atoms with Crippen molar-refractivity contribution in [2.24, 2.45) is 17.8 Å². The molecule has 1 amide bonds. The molecule has 1 aromatic heterocycles. The van der Waals surface area contributed by atoms with Gasteiger partial charge in [0.05, 0.1) is 11.8 Å². The number of carboxylic acids is 1. The number of hydrogen-bond acceptors (Lipinski definition) is 2. The Bertz CT molecular complexity index is 456. The maximum Gasteiger partial charge on any atom is 0.307 e. The van der Waals surface area contributed by atoms with E-state index in [4.69, 9.17) is 0 Å². The summed E-state index contributed by atoms with van der Waals surface area (Å²) in [4.78, 5) is 23.4. The van der Waals surface area contributed by atoms with E-state index >= 15 is 0 Å². The second-order valence-corrected chi connectivity index (χ2v) is 5.51. The van der Waals surface area contributed by atoms with Crippen LogP contribution in [0.1, 0.15) is 26.2 Å². The highest BCUT2D eigenvalue weighted by Crippen LogP contribution is 2.38. The van der Waals surface area contributed by atoms with Gasteiger partial charge in [-0.05, 0) is 30.9 Å². The van der Waals surface area contributed by atoms with Crippen molar-refractivity contribution in [3.8, 4) is 0 Å². The van der Waals surface area contributed by atoms with Gasteiger partial charge in [-0.25, -0.2) is 0 Å². The van der Waals surface area contributed by atoms with Crippen LogP contribution >= 0.6 is 0 Å². The van der Waals surface area contributed by atoms with Crippen LogP contribution in [0.5, 0.6) is 0 Å². The normalized spacial score (nSPS) is 25.6. The Morgan fingerprint density at radius 2 is 1.90 bits per heavy atom. The van der Waals surface area contributed by atoms with Crippen LogP contribution < -0.4 is 5.32 Å². The van der Waals surface area contributed by atoms with E-state index in [1.165, 1.54) is 0 Å². The number of hydrogen-bond donors (Lipinski definition) is 2. The number of carboxylic acid groups (broad SMARTS) is 1. The molecule has 0 spiro atoms. The van der Waals surface area contributed by atoms with E-state index < -0.39 is 11.9 Å². The number of carbonyl (C=O) groups is 2. The highest BCUT2D eigenvalue weighted by atomic mass is 16.4. The largest absolute Gasteiger partial charge is 0.481 e. The Labute approximate surface area is 119 Å². The third kappa shape index (κ3) is 3.40. The van der Waals surface area contributed by atoms with E-state index in [1.54, 1.807) is 0 Å². The lowest BCUT2D eigenvalue weighted by Gasteiger charge is -2.15. The summed E-state index contributed by atoms with van der Waals surface area (Å²) in [6.45, 7) is 3.30. The second-order valence-electron chi connectivity index (χ2n) is 5.51. The van der Waals surface area contributed by atoms with Gasteiger partial charge in [0, 0.05) is 25.5 Å². The standard InChI is InChI=1S/C15H22N2O3/c1-2-11-9-12(13(10-11)15(19)20)14(18)16-5-8-17-6-3-4-7-17/h3-4,6-7,11-13H,2,5,8-10H2,1H3,(H,16,18)(H,19,20)/t11?,12-,13+/m0/s1. The first kappa shape index (κ1) is 14.6. The molecule has 3 atom stereocenters. The van der Waals surface area contributed by atoms with Gasteiger partial charge in [-0.3, -0.25) is 9.59 Å². The Hall–Kier alpha value is -1.78. The van der Waals surface area contributed by atoms with Crippen molar-refractivity contribution >= 4 is 11.9 Å². The number of aliphatic carboxylic acids is 1. The Balaban J connectivity index is 1.85.